The summed E-state index contributed by atoms with van der Waals surface area (Å²) < 4.78 is 3.19. The second kappa shape index (κ2) is 4.78. The molecule has 0 amide bonds. The topological polar surface area (TPSA) is 30.7 Å². The van der Waals surface area contributed by atoms with Crippen LogP contribution in [0.1, 0.15) is 18.9 Å². The van der Waals surface area contributed by atoms with Crippen molar-refractivity contribution in [2.24, 2.45) is 0 Å². The summed E-state index contributed by atoms with van der Waals surface area (Å²) in [6.07, 6.45) is 2.88. The number of nitrogens with zero attached hydrogens (tertiary/aromatic N) is 3. The van der Waals surface area contributed by atoms with Gasteiger partial charge < -0.3 is 4.57 Å². The van der Waals surface area contributed by atoms with Crippen molar-refractivity contribution < 1.29 is 0 Å². The van der Waals surface area contributed by atoms with E-state index in [-0.39, 0.29) is 0 Å². The minimum absolute atomic E-state index is 0.951. The summed E-state index contributed by atoms with van der Waals surface area (Å²) >= 11 is 3.47. The van der Waals surface area contributed by atoms with Crippen molar-refractivity contribution in [2.75, 3.05) is 0 Å². The van der Waals surface area contributed by atoms with Gasteiger partial charge in [0.05, 0.1) is 0 Å². The number of aromatic nitrogens is 3. The van der Waals surface area contributed by atoms with Crippen LogP contribution in [0.5, 0.6) is 0 Å². The lowest BCUT2D eigenvalue weighted by molar-refractivity contribution is 0.682. The minimum Gasteiger partial charge on any atom is -0.314 e. The van der Waals surface area contributed by atoms with Gasteiger partial charge in [-0.3, -0.25) is 0 Å². The van der Waals surface area contributed by atoms with Gasteiger partial charge in [0.1, 0.15) is 6.33 Å². The summed E-state index contributed by atoms with van der Waals surface area (Å²) in [5.74, 6) is 0.951. The van der Waals surface area contributed by atoms with E-state index in [4.69, 9.17) is 0 Å². The first-order valence-corrected chi connectivity index (χ1v) is 6.16. The van der Waals surface area contributed by atoms with Gasteiger partial charge in [-0.1, -0.05) is 22.9 Å². The highest BCUT2D eigenvalue weighted by molar-refractivity contribution is 9.10. The van der Waals surface area contributed by atoms with Crippen LogP contribution in [0, 0.1) is 6.92 Å². The number of hydrogen-bond donors (Lipinski definition) is 0. The summed E-state index contributed by atoms with van der Waals surface area (Å²) in [5.41, 5.74) is 2.36. The molecular formula is C12H14BrN3. The van der Waals surface area contributed by atoms with Crippen LogP contribution in [-0.2, 0) is 6.54 Å². The molecule has 0 aliphatic heterocycles. The molecule has 0 spiro atoms. The summed E-state index contributed by atoms with van der Waals surface area (Å²) in [7, 11) is 0. The minimum atomic E-state index is 0.951. The van der Waals surface area contributed by atoms with E-state index in [9.17, 15) is 0 Å². The van der Waals surface area contributed by atoms with E-state index in [2.05, 4.69) is 56.7 Å². The van der Waals surface area contributed by atoms with Crippen molar-refractivity contribution in [3.63, 3.8) is 0 Å². The maximum absolute atomic E-state index is 4.19. The van der Waals surface area contributed by atoms with Crippen molar-refractivity contribution in [3.8, 4) is 11.4 Å². The number of rotatable bonds is 3. The van der Waals surface area contributed by atoms with Crippen LogP contribution < -0.4 is 0 Å². The average molecular weight is 280 g/mol. The van der Waals surface area contributed by atoms with E-state index in [0.717, 1.165) is 28.8 Å². The monoisotopic (exact) mass is 279 g/mol. The first-order valence-electron chi connectivity index (χ1n) is 5.36. The van der Waals surface area contributed by atoms with E-state index < -0.39 is 0 Å². The van der Waals surface area contributed by atoms with Crippen molar-refractivity contribution in [1.82, 2.24) is 14.8 Å². The highest BCUT2D eigenvalue weighted by Crippen LogP contribution is 2.24. The Labute approximate surface area is 104 Å². The van der Waals surface area contributed by atoms with Crippen LogP contribution in [0.15, 0.2) is 29.0 Å². The third kappa shape index (κ3) is 2.16. The Balaban J connectivity index is 2.46. The van der Waals surface area contributed by atoms with Crippen molar-refractivity contribution in [2.45, 2.75) is 26.8 Å². The predicted octanol–water partition coefficient (Wildman–Crippen LogP) is 3.43. The molecule has 4 heteroatoms. The fourth-order valence-electron chi connectivity index (χ4n) is 1.75. The normalized spacial score (nSPS) is 10.7. The van der Waals surface area contributed by atoms with Gasteiger partial charge in [-0.15, -0.1) is 10.2 Å². The maximum atomic E-state index is 4.19. The van der Waals surface area contributed by atoms with E-state index >= 15 is 0 Å². The Hall–Kier alpha value is -1.16. The zero-order valence-electron chi connectivity index (χ0n) is 9.44. The number of benzene rings is 1. The van der Waals surface area contributed by atoms with Gasteiger partial charge in [0.2, 0.25) is 0 Å². The van der Waals surface area contributed by atoms with Gasteiger partial charge in [-0.2, -0.15) is 0 Å². The molecule has 1 aromatic carbocycles. The Morgan fingerprint density at radius 3 is 2.88 bits per heavy atom. The molecule has 2 rings (SSSR count). The average Bonchev–Trinajstić information content (AvgIpc) is 2.67. The van der Waals surface area contributed by atoms with Gasteiger partial charge in [0.15, 0.2) is 5.82 Å². The lowest BCUT2D eigenvalue weighted by atomic mass is 10.1. The molecule has 0 saturated carbocycles. The van der Waals surface area contributed by atoms with E-state index in [1.807, 2.05) is 6.07 Å². The Morgan fingerprint density at radius 2 is 2.19 bits per heavy atom. The SMILES string of the molecule is CCCn1cnnc1-c1ccc(Br)cc1C. The van der Waals surface area contributed by atoms with Crippen LogP contribution in [0.3, 0.4) is 0 Å². The first-order chi connectivity index (χ1) is 7.72. The quantitative estimate of drug-likeness (QED) is 0.862. The molecule has 3 nitrogen and oxygen atoms in total. The van der Waals surface area contributed by atoms with Gasteiger partial charge >= 0.3 is 0 Å². The molecule has 2 aromatic rings. The van der Waals surface area contributed by atoms with E-state index in [1.54, 1.807) is 6.33 Å². The molecule has 0 aliphatic carbocycles. The van der Waals surface area contributed by atoms with Crippen molar-refractivity contribution in [3.05, 3.63) is 34.6 Å². The standard InChI is InChI=1S/C12H14BrN3/c1-3-6-16-8-14-15-12(16)11-5-4-10(13)7-9(11)2/h4-5,7-8H,3,6H2,1-2H3. The molecule has 0 atom stereocenters. The molecule has 0 saturated heterocycles. The Bertz CT molecular complexity index is 491. The molecule has 0 unspecified atom stereocenters. The van der Waals surface area contributed by atoms with Gasteiger partial charge in [-0.25, -0.2) is 0 Å². The van der Waals surface area contributed by atoms with E-state index in [1.165, 1.54) is 5.56 Å². The summed E-state index contributed by atoms with van der Waals surface area (Å²) in [5, 5.41) is 8.18. The first kappa shape index (κ1) is 11.3. The number of halogens is 1. The molecular weight excluding hydrogens is 266 g/mol. The van der Waals surface area contributed by atoms with Crippen LogP contribution in [0.2, 0.25) is 0 Å². The van der Waals surface area contributed by atoms with Crippen LogP contribution in [-0.4, -0.2) is 14.8 Å². The lowest BCUT2D eigenvalue weighted by Crippen LogP contribution is -1.99. The molecule has 84 valence electrons. The zero-order valence-corrected chi connectivity index (χ0v) is 11.0. The molecule has 1 aromatic heterocycles. The second-order valence-corrected chi connectivity index (χ2v) is 4.72. The van der Waals surface area contributed by atoms with Crippen LogP contribution >= 0.6 is 15.9 Å². The largest absolute Gasteiger partial charge is 0.314 e. The third-order valence-corrected chi connectivity index (χ3v) is 3.00. The predicted molar refractivity (Wildman–Crippen MR) is 68.2 cm³/mol. The van der Waals surface area contributed by atoms with Crippen LogP contribution in [0.4, 0.5) is 0 Å². The summed E-state index contributed by atoms with van der Waals surface area (Å²) in [4.78, 5) is 0. The number of hydrogen-bond acceptors (Lipinski definition) is 2. The highest BCUT2D eigenvalue weighted by Gasteiger charge is 2.09. The lowest BCUT2D eigenvalue weighted by Gasteiger charge is -2.07. The number of aryl methyl sites for hydroxylation is 2. The third-order valence-electron chi connectivity index (χ3n) is 2.51. The molecule has 0 N–H and O–H groups in total. The van der Waals surface area contributed by atoms with Crippen molar-refractivity contribution >= 4 is 15.9 Å². The fourth-order valence-corrected chi connectivity index (χ4v) is 2.22. The molecule has 0 bridgehead atoms. The summed E-state index contributed by atoms with van der Waals surface area (Å²) in [6.45, 7) is 5.20. The smallest absolute Gasteiger partial charge is 0.164 e. The van der Waals surface area contributed by atoms with Crippen molar-refractivity contribution in [1.29, 1.82) is 0 Å². The Kier molecular flexibility index (Phi) is 3.39. The van der Waals surface area contributed by atoms with Gasteiger partial charge in [-0.05, 0) is 37.1 Å². The van der Waals surface area contributed by atoms with E-state index in [0.29, 0.717) is 0 Å². The Morgan fingerprint density at radius 1 is 1.38 bits per heavy atom. The molecule has 0 radical (unpaired) electrons. The zero-order chi connectivity index (χ0) is 11.5. The molecule has 16 heavy (non-hydrogen) atoms. The van der Waals surface area contributed by atoms with Gasteiger partial charge in [0, 0.05) is 16.6 Å². The maximum Gasteiger partial charge on any atom is 0.164 e. The summed E-state index contributed by atoms with van der Waals surface area (Å²) in [6, 6.07) is 6.21. The highest BCUT2D eigenvalue weighted by atomic mass is 79.9. The second-order valence-electron chi connectivity index (χ2n) is 3.81. The fraction of sp³-hybridized carbons (Fsp3) is 0.333. The van der Waals surface area contributed by atoms with Gasteiger partial charge in [0.25, 0.3) is 0 Å². The van der Waals surface area contributed by atoms with Crippen LogP contribution in [0.25, 0.3) is 11.4 Å². The molecule has 1 heterocycles. The molecule has 0 fully saturated rings. The molecule has 0 aliphatic rings.